The number of nitrogens with zero attached hydrogens (tertiary/aromatic N) is 2. The Bertz CT molecular complexity index is 429. The number of sulfone groups is 1. The zero-order chi connectivity index (χ0) is 17.0. The maximum atomic E-state index is 11.5. The van der Waals surface area contributed by atoms with Crippen LogP contribution in [0.15, 0.2) is 4.99 Å². The number of likely N-dealkylation sites (tertiary alicyclic amines) is 1. The molecule has 6 nitrogen and oxygen atoms in total. The van der Waals surface area contributed by atoms with Crippen molar-refractivity contribution in [2.24, 2.45) is 4.99 Å². The Kier molecular flexibility index (Phi) is 10.3. The molecular weight excluding hydrogens is 312 g/mol. The van der Waals surface area contributed by atoms with Crippen LogP contribution in [0.25, 0.3) is 0 Å². The fourth-order valence-corrected chi connectivity index (χ4v) is 3.36. The molecule has 0 aromatic rings. The molecule has 1 fully saturated rings. The van der Waals surface area contributed by atoms with Gasteiger partial charge in [-0.25, -0.2) is 8.42 Å². The second-order valence-corrected chi connectivity index (χ2v) is 8.51. The molecule has 0 amide bonds. The Hall–Kier alpha value is -0.820. The molecule has 2 N–H and O–H groups in total. The summed E-state index contributed by atoms with van der Waals surface area (Å²) < 4.78 is 23.0. The van der Waals surface area contributed by atoms with Gasteiger partial charge in [0.2, 0.25) is 0 Å². The summed E-state index contributed by atoms with van der Waals surface area (Å²) in [4.78, 5) is 7.08. The van der Waals surface area contributed by atoms with E-state index in [1.165, 1.54) is 38.8 Å². The Labute approximate surface area is 142 Å². The lowest BCUT2D eigenvalue weighted by Crippen LogP contribution is -2.40. The predicted octanol–water partition coefficient (Wildman–Crippen LogP) is 1.24. The van der Waals surface area contributed by atoms with Crippen LogP contribution >= 0.6 is 0 Å². The third-order valence-electron chi connectivity index (χ3n) is 4.09. The van der Waals surface area contributed by atoms with Gasteiger partial charge >= 0.3 is 0 Å². The average molecular weight is 347 g/mol. The highest BCUT2D eigenvalue weighted by Crippen LogP contribution is 2.09. The van der Waals surface area contributed by atoms with Gasteiger partial charge in [-0.15, -0.1) is 0 Å². The van der Waals surface area contributed by atoms with E-state index < -0.39 is 9.84 Å². The van der Waals surface area contributed by atoms with Gasteiger partial charge in [0.05, 0.1) is 5.75 Å². The number of nitrogens with one attached hydrogen (secondary N) is 2. The first-order chi connectivity index (χ1) is 11.1. The van der Waals surface area contributed by atoms with Gasteiger partial charge in [-0.3, -0.25) is 4.99 Å². The summed E-state index contributed by atoms with van der Waals surface area (Å²) in [5, 5.41) is 6.27. The van der Waals surface area contributed by atoms with E-state index in [2.05, 4.69) is 20.5 Å². The summed E-state index contributed by atoms with van der Waals surface area (Å²) in [5.74, 6) is 1.06. The molecule has 0 aliphatic carbocycles. The molecule has 1 aliphatic heterocycles. The number of rotatable bonds is 9. The van der Waals surface area contributed by atoms with Crippen LogP contribution in [0.3, 0.4) is 0 Å². The highest BCUT2D eigenvalue weighted by molar-refractivity contribution is 7.91. The van der Waals surface area contributed by atoms with E-state index >= 15 is 0 Å². The van der Waals surface area contributed by atoms with Crippen LogP contribution in [0.4, 0.5) is 0 Å². The van der Waals surface area contributed by atoms with Crippen LogP contribution in [0.5, 0.6) is 0 Å². The molecule has 136 valence electrons. The number of guanidine groups is 1. The van der Waals surface area contributed by atoms with Crippen molar-refractivity contribution in [2.75, 3.05) is 50.8 Å². The van der Waals surface area contributed by atoms with Crippen molar-refractivity contribution >= 4 is 15.8 Å². The van der Waals surface area contributed by atoms with Gasteiger partial charge in [0, 0.05) is 25.4 Å². The van der Waals surface area contributed by atoms with E-state index in [4.69, 9.17) is 0 Å². The Morgan fingerprint density at radius 3 is 2.39 bits per heavy atom. The van der Waals surface area contributed by atoms with E-state index in [1.54, 1.807) is 6.92 Å². The maximum absolute atomic E-state index is 11.5. The minimum Gasteiger partial charge on any atom is -0.357 e. The minimum absolute atomic E-state index is 0.154. The molecule has 0 aromatic heterocycles. The van der Waals surface area contributed by atoms with Crippen LogP contribution < -0.4 is 10.6 Å². The Morgan fingerprint density at radius 2 is 1.78 bits per heavy atom. The summed E-state index contributed by atoms with van der Waals surface area (Å²) in [6, 6.07) is 0. The third-order valence-corrected chi connectivity index (χ3v) is 5.80. The first kappa shape index (κ1) is 20.2. The lowest BCUT2D eigenvalue weighted by molar-refractivity contribution is 0.283. The van der Waals surface area contributed by atoms with Crippen molar-refractivity contribution in [3.63, 3.8) is 0 Å². The molecule has 1 rings (SSSR count). The van der Waals surface area contributed by atoms with Crippen molar-refractivity contribution in [2.45, 2.75) is 46.0 Å². The first-order valence-corrected chi connectivity index (χ1v) is 10.8. The van der Waals surface area contributed by atoms with Gasteiger partial charge < -0.3 is 15.5 Å². The molecule has 0 saturated carbocycles. The van der Waals surface area contributed by atoms with Gasteiger partial charge in [-0.2, -0.15) is 0 Å². The number of hydrogen-bond donors (Lipinski definition) is 2. The van der Waals surface area contributed by atoms with E-state index in [0.29, 0.717) is 6.54 Å². The Morgan fingerprint density at radius 1 is 1.09 bits per heavy atom. The minimum atomic E-state index is -2.93. The standard InChI is InChI=1S/C16H34N4O2S/c1-3-17-16(19-11-15-23(21,22)4-2)18-10-9-14-20-12-7-5-6-8-13-20/h3-15H2,1-2H3,(H2,17,18,19). The predicted molar refractivity (Wildman–Crippen MR) is 97.8 cm³/mol. The van der Waals surface area contributed by atoms with Crippen LogP contribution in [-0.4, -0.2) is 70.1 Å². The van der Waals surface area contributed by atoms with Crippen LogP contribution in [0.2, 0.25) is 0 Å². The molecular formula is C16H34N4O2S. The van der Waals surface area contributed by atoms with E-state index in [-0.39, 0.29) is 11.5 Å². The van der Waals surface area contributed by atoms with Crippen molar-refractivity contribution in [1.82, 2.24) is 15.5 Å². The quantitative estimate of drug-likeness (QED) is 0.373. The summed E-state index contributed by atoms with van der Waals surface area (Å²) in [5.41, 5.74) is 0. The molecule has 23 heavy (non-hydrogen) atoms. The molecule has 1 aliphatic rings. The topological polar surface area (TPSA) is 73.8 Å². The van der Waals surface area contributed by atoms with E-state index in [0.717, 1.165) is 32.0 Å². The number of aliphatic imine (C=N–C) groups is 1. The van der Waals surface area contributed by atoms with Crippen molar-refractivity contribution in [3.8, 4) is 0 Å². The fourth-order valence-electron chi connectivity index (χ4n) is 2.66. The normalized spacial score (nSPS) is 17.7. The highest BCUT2D eigenvalue weighted by Gasteiger charge is 2.09. The first-order valence-electron chi connectivity index (χ1n) is 9.02. The largest absolute Gasteiger partial charge is 0.357 e. The fraction of sp³-hybridized carbons (Fsp3) is 0.938. The van der Waals surface area contributed by atoms with Crippen molar-refractivity contribution in [1.29, 1.82) is 0 Å². The van der Waals surface area contributed by atoms with Gasteiger partial charge in [-0.05, 0) is 45.8 Å². The van der Waals surface area contributed by atoms with E-state index in [1.807, 2.05) is 6.92 Å². The Balaban J connectivity index is 2.27. The summed E-state index contributed by atoms with van der Waals surface area (Å²) in [7, 11) is -2.93. The molecule has 0 atom stereocenters. The van der Waals surface area contributed by atoms with Gasteiger partial charge in [0.25, 0.3) is 0 Å². The third kappa shape index (κ3) is 9.81. The zero-order valence-corrected chi connectivity index (χ0v) is 15.6. The summed E-state index contributed by atoms with van der Waals surface area (Å²) in [6.07, 6.45) is 6.41. The second-order valence-electron chi connectivity index (χ2n) is 6.03. The molecule has 0 spiro atoms. The van der Waals surface area contributed by atoms with Crippen molar-refractivity contribution in [3.05, 3.63) is 0 Å². The van der Waals surface area contributed by atoms with Crippen LogP contribution in [0, 0.1) is 0 Å². The van der Waals surface area contributed by atoms with Crippen LogP contribution in [0.1, 0.15) is 46.0 Å². The molecule has 0 bridgehead atoms. The lowest BCUT2D eigenvalue weighted by atomic mass is 10.2. The zero-order valence-electron chi connectivity index (χ0n) is 14.8. The molecule has 0 radical (unpaired) electrons. The number of hydrogen-bond acceptors (Lipinski definition) is 4. The van der Waals surface area contributed by atoms with Gasteiger partial charge in [-0.1, -0.05) is 19.8 Å². The van der Waals surface area contributed by atoms with Gasteiger partial charge in [0.15, 0.2) is 15.8 Å². The molecule has 0 unspecified atom stereocenters. The SMILES string of the molecule is CCNC(=NCCCN1CCCCCC1)NCCS(=O)(=O)CC. The molecule has 1 heterocycles. The average Bonchev–Trinajstić information content (AvgIpc) is 2.80. The monoisotopic (exact) mass is 346 g/mol. The highest BCUT2D eigenvalue weighted by atomic mass is 32.2. The maximum Gasteiger partial charge on any atom is 0.191 e. The molecule has 7 heteroatoms. The smallest absolute Gasteiger partial charge is 0.191 e. The summed E-state index contributed by atoms with van der Waals surface area (Å²) in [6.45, 7) is 9.19. The van der Waals surface area contributed by atoms with Crippen LogP contribution in [-0.2, 0) is 9.84 Å². The second kappa shape index (κ2) is 11.7. The van der Waals surface area contributed by atoms with Gasteiger partial charge in [0.1, 0.15) is 0 Å². The molecule has 1 saturated heterocycles. The molecule has 0 aromatic carbocycles. The lowest BCUT2D eigenvalue weighted by Gasteiger charge is -2.19. The van der Waals surface area contributed by atoms with Crippen molar-refractivity contribution < 1.29 is 8.42 Å². The summed E-state index contributed by atoms with van der Waals surface area (Å²) >= 11 is 0. The van der Waals surface area contributed by atoms with E-state index in [9.17, 15) is 8.42 Å².